The first-order valence-corrected chi connectivity index (χ1v) is 17.5. The van der Waals surface area contributed by atoms with Gasteiger partial charge < -0.3 is 4.57 Å². The van der Waals surface area contributed by atoms with Gasteiger partial charge in [0.15, 0.2) is 5.82 Å². The van der Waals surface area contributed by atoms with Crippen LogP contribution in [0, 0.1) is 0 Å². The van der Waals surface area contributed by atoms with Crippen LogP contribution in [-0.2, 0) is 0 Å². The molecule has 6 aromatic carbocycles. The highest BCUT2D eigenvalue weighted by atomic mass is 32.1. The molecule has 0 bridgehead atoms. The molecule has 0 saturated heterocycles. The number of rotatable bonds is 5. The molecule has 0 aliphatic carbocycles. The zero-order valence-corrected chi connectivity index (χ0v) is 27.7. The predicted octanol–water partition coefficient (Wildman–Crippen LogP) is 12.0. The van der Waals surface area contributed by atoms with Gasteiger partial charge in [0.25, 0.3) is 0 Å². The lowest BCUT2D eigenvalue weighted by molar-refractivity contribution is 1.17. The molecule has 4 aromatic heterocycles. The number of nitrogens with zero attached hydrogens (tertiary/aromatic N) is 4. The molecule has 0 N–H and O–H groups in total. The topological polar surface area (TPSA) is 43.6 Å². The van der Waals surface area contributed by atoms with Crippen molar-refractivity contribution in [3.05, 3.63) is 170 Å². The van der Waals surface area contributed by atoms with E-state index in [0.29, 0.717) is 5.82 Å². The normalized spacial score (nSPS) is 11.6. The lowest BCUT2D eigenvalue weighted by atomic mass is 10.0. The van der Waals surface area contributed by atoms with Crippen molar-refractivity contribution < 1.29 is 0 Å². The monoisotopic (exact) mass is 656 g/mol. The van der Waals surface area contributed by atoms with Gasteiger partial charge in [0.05, 0.1) is 32.8 Å². The number of fused-ring (bicyclic) bond motifs is 7. The van der Waals surface area contributed by atoms with Crippen LogP contribution in [0.5, 0.6) is 0 Å². The highest BCUT2D eigenvalue weighted by molar-refractivity contribution is 7.26. The van der Waals surface area contributed by atoms with E-state index in [4.69, 9.17) is 15.0 Å². The lowest BCUT2D eigenvalue weighted by Gasteiger charge is -2.12. The summed E-state index contributed by atoms with van der Waals surface area (Å²) in [4.78, 5) is 16.6. The van der Waals surface area contributed by atoms with Gasteiger partial charge in [0, 0.05) is 49.5 Å². The average Bonchev–Trinajstić information content (AvgIpc) is 3.74. The molecule has 4 nitrogen and oxygen atoms in total. The molecule has 0 radical (unpaired) electrons. The summed E-state index contributed by atoms with van der Waals surface area (Å²) in [6, 6.07) is 59.2. The summed E-state index contributed by atoms with van der Waals surface area (Å²) < 4.78 is 3.62. The number of thiophene rings is 1. The van der Waals surface area contributed by atoms with Crippen LogP contribution in [0.25, 0.3) is 93.0 Å². The zero-order chi connectivity index (χ0) is 33.0. The molecule has 0 saturated carbocycles. The Morgan fingerprint density at radius 2 is 1.04 bits per heavy atom. The minimum atomic E-state index is 0.707. The van der Waals surface area contributed by atoms with Crippen molar-refractivity contribution >= 4 is 53.4 Å². The number of para-hydroxylation sites is 2. The first kappa shape index (κ1) is 28.6. The van der Waals surface area contributed by atoms with Gasteiger partial charge in [-0.2, -0.15) is 0 Å². The minimum Gasteiger partial charge on any atom is -0.301 e. The lowest BCUT2D eigenvalue weighted by Crippen LogP contribution is -1.97. The van der Waals surface area contributed by atoms with Crippen molar-refractivity contribution in [1.82, 2.24) is 19.5 Å². The van der Waals surface area contributed by atoms with Gasteiger partial charge in [-0.05, 0) is 30.3 Å². The molecule has 10 aromatic rings. The van der Waals surface area contributed by atoms with Crippen molar-refractivity contribution in [2.45, 2.75) is 0 Å². The van der Waals surface area contributed by atoms with E-state index in [1.807, 2.05) is 35.6 Å². The first-order chi connectivity index (χ1) is 24.8. The maximum atomic E-state index is 5.24. The molecular formula is C45H28N4S. The van der Waals surface area contributed by atoms with Crippen LogP contribution in [0.3, 0.4) is 0 Å². The van der Waals surface area contributed by atoms with Crippen LogP contribution in [0.1, 0.15) is 0 Å². The van der Waals surface area contributed by atoms with Gasteiger partial charge in [-0.25, -0.2) is 15.0 Å². The van der Waals surface area contributed by atoms with E-state index in [9.17, 15) is 0 Å². The van der Waals surface area contributed by atoms with E-state index < -0.39 is 0 Å². The van der Waals surface area contributed by atoms with E-state index >= 15 is 0 Å². The Bertz CT molecular complexity index is 2800. The van der Waals surface area contributed by atoms with Crippen LogP contribution in [0.2, 0.25) is 0 Å². The van der Waals surface area contributed by atoms with Gasteiger partial charge in [0.1, 0.15) is 4.83 Å². The Labute approximate surface area is 292 Å². The van der Waals surface area contributed by atoms with Gasteiger partial charge in [-0.1, -0.05) is 140 Å². The quantitative estimate of drug-likeness (QED) is 0.185. The molecule has 0 aliphatic heterocycles. The Morgan fingerprint density at radius 1 is 0.440 bits per heavy atom. The van der Waals surface area contributed by atoms with E-state index in [-0.39, 0.29) is 0 Å². The third-order valence-electron chi connectivity index (χ3n) is 9.40. The molecule has 234 valence electrons. The molecular weight excluding hydrogens is 629 g/mol. The molecule has 0 spiro atoms. The summed E-state index contributed by atoms with van der Waals surface area (Å²) in [6.45, 7) is 0. The van der Waals surface area contributed by atoms with Crippen LogP contribution in [-0.4, -0.2) is 19.5 Å². The summed E-state index contributed by atoms with van der Waals surface area (Å²) in [7, 11) is 0. The first-order valence-electron chi connectivity index (χ1n) is 16.7. The molecule has 0 aliphatic rings. The SMILES string of the molecule is c1ccc(-c2cc(-c3cccc(-n4c5ccccc5c5c6c(sc54)c(-c4ccccc4)nc4ccccc46)c3)nc(-c3ccccc3)n2)cc1. The average molecular weight is 657 g/mol. The van der Waals surface area contributed by atoms with Crippen molar-refractivity contribution in [1.29, 1.82) is 0 Å². The third-order valence-corrected chi connectivity index (χ3v) is 10.6. The van der Waals surface area contributed by atoms with Crippen LogP contribution in [0.4, 0.5) is 0 Å². The minimum absolute atomic E-state index is 0.707. The van der Waals surface area contributed by atoms with Gasteiger partial charge in [0.2, 0.25) is 0 Å². The Morgan fingerprint density at radius 3 is 1.80 bits per heavy atom. The maximum absolute atomic E-state index is 5.24. The molecule has 4 heterocycles. The van der Waals surface area contributed by atoms with Crippen LogP contribution < -0.4 is 0 Å². The second-order valence-corrected chi connectivity index (χ2v) is 13.4. The van der Waals surface area contributed by atoms with E-state index in [2.05, 4.69) is 150 Å². The molecule has 50 heavy (non-hydrogen) atoms. The summed E-state index contributed by atoms with van der Waals surface area (Å²) in [5.41, 5.74) is 10.3. The fraction of sp³-hybridized carbons (Fsp3) is 0. The highest BCUT2D eigenvalue weighted by Crippen LogP contribution is 2.47. The van der Waals surface area contributed by atoms with Crippen molar-refractivity contribution in [3.63, 3.8) is 0 Å². The van der Waals surface area contributed by atoms with E-state index in [1.165, 1.54) is 36.6 Å². The molecule has 5 heteroatoms. The maximum Gasteiger partial charge on any atom is 0.160 e. The fourth-order valence-corrected chi connectivity index (χ4v) is 8.49. The van der Waals surface area contributed by atoms with Gasteiger partial charge in [-0.3, -0.25) is 0 Å². The molecule has 0 fully saturated rings. The smallest absolute Gasteiger partial charge is 0.160 e. The highest BCUT2D eigenvalue weighted by Gasteiger charge is 2.22. The Hall–Kier alpha value is -6.43. The van der Waals surface area contributed by atoms with E-state index in [0.717, 1.165) is 50.5 Å². The Balaban J connectivity index is 1.23. The molecule has 0 amide bonds. The van der Waals surface area contributed by atoms with Crippen LogP contribution >= 0.6 is 11.3 Å². The van der Waals surface area contributed by atoms with Gasteiger partial charge >= 0.3 is 0 Å². The van der Waals surface area contributed by atoms with E-state index in [1.54, 1.807) is 0 Å². The number of benzene rings is 6. The second-order valence-electron chi connectivity index (χ2n) is 12.4. The predicted molar refractivity (Wildman–Crippen MR) is 209 cm³/mol. The van der Waals surface area contributed by atoms with Crippen molar-refractivity contribution in [3.8, 4) is 50.8 Å². The molecule has 0 unspecified atom stereocenters. The summed E-state index contributed by atoms with van der Waals surface area (Å²) >= 11 is 1.82. The Kier molecular flexibility index (Phi) is 6.64. The van der Waals surface area contributed by atoms with Crippen molar-refractivity contribution in [2.24, 2.45) is 0 Å². The van der Waals surface area contributed by atoms with Crippen LogP contribution in [0.15, 0.2) is 170 Å². The third kappa shape index (κ3) is 4.63. The summed E-state index contributed by atoms with van der Waals surface area (Å²) in [5, 5.41) is 4.93. The largest absolute Gasteiger partial charge is 0.301 e. The molecule has 0 atom stereocenters. The second kappa shape index (κ2) is 11.6. The zero-order valence-electron chi connectivity index (χ0n) is 26.9. The van der Waals surface area contributed by atoms with Crippen molar-refractivity contribution in [2.75, 3.05) is 0 Å². The summed E-state index contributed by atoms with van der Waals surface area (Å²) in [6.07, 6.45) is 0. The number of pyridine rings is 1. The summed E-state index contributed by atoms with van der Waals surface area (Å²) in [5.74, 6) is 0.707. The number of aromatic nitrogens is 4. The molecule has 10 rings (SSSR count). The number of hydrogen-bond acceptors (Lipinski definition) is 4. The standard InChI is InChI=1S/C45H28N4S/c1-4-15-29(16-5-1)37-28-38(48-44(47-37)31-19-8-3-9-20-31)32-21-14-22-33(27-32)49-39-26-13-11-24-35(39)41-40-34-23-10-12-25-36(34)46-42(43(40)50-45(41)49)30-17-6-2-7-18-30/h1-28H. The fourth-order valence-electron chi connectivity index (χ4n) is 7.11. The van der Waals surface area contributed by atoms with Gasteiger partial charge in [-0.15, -0.1) is 11.3 Å². The number of hydrogen-bond donors (Lipinski definition) is 0.